The Hall–Kier alpha value is -1.87. The number of rotatable bonds is 6. The largest absolute Gasteiger partial charge is 0.489 e. The molecule has 1 heterocycles. The van der Waals surface area contributed by atoms with Gasteiger partial charge in [0.1, 0.15) is 12.4 Å². The van der Waals surface area contributed by atoms with Crippen molar-refractivity contribution in [1.29, 1.82) is 0 Å². The third kappa shape index (κ3) is 3.81. The first-order valence-electron chi connectivity index (χ1n) is 7.09. The zero-order chi connectivity index (χ0) is 14.4. The molecule has 1 aromatic carbocycles. The van der Waals surface area contributed by atoms with Crippen LogP contribution in [-0.4, -0.2) is 4.98 Å². The van der Waals surface area contributed by atoms with Gasteiger partial charge in [-0.1, -0.05) is 26.0 Å². The van der Waals surface area contributed by atoms with E-state index < -0.39 is 0 Å². The molecule has 0 saturated carbocycles. The molecule has 0 amide bonds. The van der Waals surface area contributed by atoms with Crippen molar-refractivity contribution in [1.82, 2.24) is 4.98 Å². The SMILES string of the molecule is CCC(C)c1ccc(OCc2ccnc(CN)c2)cc1. The van der Waals surface area contributed by atoms with Crippen molar-refractivity contribution < 1.29 is 4.74 Å². The van der Waals surface area contributed by atoms with Crippen LogP contribution < -0.4 is 10.5 Å². The maximum Gasteiger partial charge on any atom is 0.119 e. The van der Waals surface area contributed by atoms with Crippen molar-refractivity contribution in [2.24, 2.45) is 5.73 Å². The van der Waals surface area contributed by atoms with Gasteiger partial charge in [-0.2, -0.15) is 0 Å². The highest BCUT2D eigenvalue weighted by molar-refractivity contribution is 5.29. The zero-order valence-electron chi connectivity index (χ0n) is 12.2. The molecule has 3 heteroatoms. The molecule has 0 saturated heterocycles. The summed E-state index contributed by atoms with van der Waals surface area (Å²) in [5.41, 5.74) is 8.91. The Morgan fingerprint density at radius 2 is 1.95 bits per heavy atom. The Morgan fingerprint density at radius 1 is 1.20 bits per heavy atom. The first-order valence-corrected chi connectivity index (χ1v) is 7.09. The highest BCUT2D eigenvalue weighted by Crippen LogP contribution is 2.22. The van der Waals surface area contributed by atoms with Crippen molar-refractivity contribution in [3.63, 3.8) is 0 Å². The van der Waals surface area contributed by atoms with Gasteiger partial charge in [-0.25, -0.2) is 0 Å². The van der Waals surface area contributed by atoms with E-state index in [1.807, 2.05) is 24.3 Å². The van der Waals surface area contributed by atoms with Crippen LogP contribution in [0.1, 0.15) is 43.0 Å². The monoisotopic (exact) mass is 270 g/mol. The van der Waals surface area contributed by atoms with Crippen LogP contribution in [0, 0.1) is 0 Å². The van der Waals surface area contributed by atoms with Crippen molar-refractivity contribution >= 4 is 0 Å². The molecular formula is C17H22N2O. The number of hydrogen-bond acceptors (Lipinski definition) is 3. The minimum Gasteiger partial charge on any atom is -0.489 e. The predicted molar refractivity (Wildman–Crippen MR) is 81.6 cm³/mol. The lowest BCUT2D eigenvalue weighted by molar-refractivity contribution is 0.306. The van der Waals surface area contributed by atoms with Gasteiger partial charge in [0.15, 0.2) is 0 Å². The van der Waals surface area contributed by atoms with Gasteiger partial charge >= 0.3 is 0 Å². The van der Waals surface area contributed by atoms with Gasteiger partial charge < -0.3 is 10.5 Å². The molecule has 20 heavy (non-hydrogen) atoms. The van der Waals surface area contributed by atoms with Gasteiger partial charge in [0.25, 0.3) is 0 Å². The molecule has 2 N–H and O–H groups in total. The smallest absolute Gasteiger partial charge is 0.119 e. The van der Waals surface area contributed by atoms with Crippen LogP contribution >= 0.6 is 0 Å². The highest BCUT2D eigenvalue weighted by atomic mass is 16.5. The minimum atomic E-state index is 0.456. The van der Waals surface area contributed by atoms with Crippen LogP contribution in [0.25, 0.3) is 0 Å². The summed E-state index contributed by atoms with van der Waals surface area (Å²) in [4.78, 5) is 4.17. The molecule has 0 aliphatic heterocycles. The number of benzene rings is 1. The lowest BCUT2D eigenvalue weighted by Gasteiger charge is -2.11. The molecule has 1 unspecified atom stereocenters. The average molecular weight is 270 g/mol. The summed E-state index contributed by atoms with van der Waals surface area (Å²) in [5, 5.41) is 0. The second kappa shape index (κ2) is 7.06. The summed E-state index contributed by atoms with van der Waals surface area (Å²) >= 11 is 0. The molecule has 0 bridgehead atoms. The molecule has 106 valence electrons. The van der Waals surface area contributed by atoms with Crippen LogP contribution in [0.5, 0.6) is 5.75 Å². The maximum atomic E-state index is 5.79. The van der Waals surface area contributed by atoms with E-state index in [2.05, 4.69) is 31.0 Å². The number of pyridine rings is 1. The topological polar surface area (TPSA) is 48.1 Å². The minimum absolute atomic E-state index is 0.456. The van der Waals surface area contributed by atoms with Gasteiger partial charge in [-0.15, -0.1) is 0 Å². The van der Waals surface area contributed by atoms with Crippen LogP contribution in [0.2, 0.25) is 0 Å². The van der Waals surface area contributed by atoms with Gasteiger partial charge in [0, 0.05) is 12.7 Å². The second-order valence-corrected chi connectivity index (χ2v) is 5.03. The summed E-state index contributed by atoms with van der Waals surface area (Å²) in [5.74, 6) is 1.49. The Bertz CT molecular complexity index is 537. The fraction of sp³-hybridized carbons (Fsp3) is 0.353. The normalized spacial score (nSPS) is 12.2. The van der Waals surface area contributed by atoms with Gasteiger partial charge in [0.2, 0.25) is 0 Å². The fourth-order valence-electron chi connectivity index (χ4n) is 2.02. The van der Waals surface area contributed by atoms with Crippen LogP contribution in [0.15, 0.2) is 42.6 Å². The number of nitrogens with two attached hydrogens (primary N) is 1. The molecule has 0 aliphatic carbocycles. The second-order valence-electron chi connectivity index (χ2n) is 5.03. The predicted octanol–water partition coefficient (Wildman–Crippen LogP) is 3.63. The molecule has 0 radical (unpaired) electrons. The van der Waals surface area contributed by atoms with Crippen molar-refractivity contribution in [2.75, 3.05) is 0 Å². The summed E-state index contributed by atoms with van der Waals surface area (Å²) < 4.78 is 5.79. The van der Waals surface area contributed by atoms with Crippen LogP contribution in [0.4, 0.5) is 0 Å². The molecular weight excluding hydrogens is 248 g/mol. The molecule has 1 aromatic heterocycles. The van der Waals surface area contributed by atoms with Crippen molar-refractivity contribution in [2.45, 2.75) is 39.3 Å². The van der Waals surface area contributed by atoms with Gasteiger partial charge in [-0.05, 0) is 47.7 Å². The van der Waals surface area contributed by atoms with E-state index in [0.29, 0.717) is 19.1 Å². The van der Waals surface area contributed by atoms with E-state index in [1.54, 1.807) is 6.20 Å². The number of ether oxygens (including phenoxy) is 1. The van der Waals surface area contributed by atoms with E-state index in [4.69, 9.17) is 10.5 Å². The van der Waals surface area contributed by atoms with Crippen molar-refractivity contribution in [3.8, 4) is 5.75 Å². The molecule has 2 aromatic rings. The number of nitrogens with zero attached hydrogens (tertiary/aromatic N) is 1. The Kier molecular flexibility index (Phi) is 5.13. The maximum absolute atomic E-state index is 5.79. The standard InChI is InChI=1S/C17H22N2O/c1-3-13(2)15-4-6-17(7-5-15)20-12-14-8-9-19-16(10-14)11-18/h4-10,13H,3,11-12,18H2,1-2H3. The van der Waals surface area contributed by atoms with E-state index in [1.165, 1.54) is 5.56 Å². The quantitative estimate of drug-likeness (QED) is 0.872. The lowest BCUT2D eigenvalue weighted by atomic mass is 9.99. The summed E-state index contributed by atoms with van der Waals surface area (Å²) in [6.07, 6.45) is 2.92. The van der Waals surface area contributed by atoms with E-state index in [-0.39, 0.29) is 0 Å². The lowest BCUT2D eigenvalue weighted by Crippen LogP contribution is -2.02. The van der Waals surface area contributed by atoms with Gasteiger partial charge in [-0.3, -0.25) is 4.98 Å². The van der Waals surface area contributed by atoms with E-state index in [0.717, 1.165) is 23.4 Å². The summed E-state index contributed by atoms with van der Waals surface area (Å²) in [6.45, 7) is 5.43. The third-order valence-corrected chi connectivity index (χ3v) is 3.56. The third-order valence-electron chi connectivity index (χ3n) is 3.56. The zero-order valence-corrected chi connectivity index (χ0v) is 12.2. The molecule has 2 rings (SSSR count). The average Bonchev–Trinajstić information content (AvgIpc) is 2.53. The molecule has 0 fully saturated rings. The first-order chi connectivity index (χ1) is 9.72. The molecule has 0 aliphatic rings. The van der Waals surface area contributed by atoms with E-state index >= 15 is 0 Å². The van der Waals surface area contributed by atoms with Crippen molar-refractivity contribution in [3.05, 3.63) is 59.4 Å². The Morgan fingerprint density at radius 3 is 2.60 bits per heavy atom. The first kappa shape index (κ1) is 14.5. The van der Waals surface area contributed by atoms with Gasteiger partial charge in [0.05, 0.1) is 5.69 Å². The van der Waals surface area contributed by atoms with Crippen LogP contribution in [0.3, 0.4) is 0 Å². The Labute approximate surface area is 120 Å². The summed E-state index contributed by atoms with van der Waals surface area (Å²) in [6, 6.07) is 12.3. The van der Waals surface area contributed by atoms with E-state index in [9.17, 15) is 0 Å². The fourth-order valence-corrected chi connectivity index (χ4v) is 2.02. The number of aromatic nitrogens is 1. The van der Waals surface area contributed by atoms with Crippen LogP contribution in [-0.2, 0) is 13.2 Å². The molecule has 1 atom stereocenters. The molecule has 0 spiro atoms. The Balaban J connectivity index is 1.96. The molecule has 3 nitrogen and oxygen atoms in total. The number of hydrogen-bond donors (Lipinski definition) is 1. The summed E-state index contributed by atoms with van der Waals surface area (Å²) in [7, 11) is 0. The highest BCUT2D eigenvalue weighted by Gasteiger charge is 2.03.